The Morgan fingerprint density at radius 2 is 2.16 bits per heavy atom. The fourth-order valence-electron chi connectivity index (χ4n) is 3.05. The molecule has 1 N–H and O–H groups in total. The molecule has 3 rings (SSSR count). The lowest BCUT2D eigenvalue weighted by Gasteiger charge is -2.40. The zero-order valence-corrected chi connectivity index (χ0v) is 10.6. The zero-order valence-electron chi connectivity index (χ0n) is 10.6. The Balaban J connectivity index is 1.59. The molecule has 1 aromatic carbocycles. The van der Waals surface area contributed by atoms with Crippen LogP contribution in [0.15, 0.2) is 36.4 Å². The topological polar surface area (TPSA) is 21.3 Å². The average molecular weight is 265 g/mol. The molecule has 1 saturated carbocycles. The summed E-state index contributed by atoms with van der Waals surface area (Å²) in [5.41, 5.74) is 0.785. The Labute approximate surface area is 111 Å². The van der Waals surface area contributed by atoms with E-state index in [1.807, 2.05) is 12.1 Å². The van der Waals surface area contributed by atoms with E-state index in [-0.39, 0.29) is 5.75 Å². The van der Waals surface area contributed by atoms with Gasteiger partial charge in [-0.05, 0) is 30.7 Å². The quantitative estimate of drug-likeness (QED) is 0.824. The van der Waals surface area contributed by atoms with Gasteiger partial charge in [-0.2, -0.15) is 8.78 Å². The van der Waals surface area contributed by atoms with Crippen molar-refractivity contribution in [1.29, 1.82) is 0 Å². The second kappa shape index (κ2) is 5.29. The van der Waals surface area contributed by atoms with Gasteiger partial charge in [0, 0.05) is 18.2 Å². The molecule has 102 valence electrons. The highest BCUT2D eigenvalue weighted by atomic mass is 19.3. The van der Waals surface area contributed by atoms with Crippen LogP contribution in [0.2, 0.25) is 0 Å². The molecule has 2 aliphatic carbocycles. The highest BCUT2D eigenvalue weighted by Gasteiger charge is 2.40. The number of hydrogen-bond acceptors (Lipinski definition) is 2. The SMILES string of the molecule is FC(F)Oc1ccccc1CNC1CC2CC=CC21. The van der Waals surface area contributed by atoms with Crippen molar-refractivity contribution in [1.82, 2.24) is 5.32 Å². The summed E-state index contributed by atoms with van der Waals surface area (Å²) in [6.45, 7) is -2.20. The molecule has 2 aliphatic rings. The molecular formula is C15H17F2NO. The molecule has 0 saturated heterocycles. The van der Waals surface area contributed by atoms with E-state index < -0.39 is 6.61 Å². The van der Waals surface area contributed by atoms with Crippen LogP contribution in [-0.4, -0.2) is 12.7 Å². The molecular weight excluding hydrogens is 248 g/mol. The summed E-state index contributed by atoms with van der Waals surface area (Å²) in [5, 5.41) is 3.44. The first-order valence-corrected chi connectivity index (χ1v) is 6.67. The van der Waals surface area contributed by atoms with E-state index in [1.54, 1.807) is 12.1 Å². The Morgan fingerprint density at radius 1 is 1.32 bits per heavy atom. The number of nitrogens with one attached hydrogen (secondary N) is 1. The van der Waals surface area contributed by atoms with E-state index in [0.717, 1.165) is 11.5 Å². The minimum Gasteiger partial charge on any atom is -0.434 e. The van der Waals surface area contributed by atoms with Gasteiger partial charge in [-0.15, -0.1) is 0 Å². The molecule has 0 amide bonds. The zero-order chi connectivity index (χ0) is 13.2. The Hall–Kier alpha value is -1.42. The molecule has 0 aromatic heterocycles. The molecule has 4 heteroatoms. The smallest absolute Gasteiger partial charge is 0.387 e. The van der Waals surface area contributed by atoms with Gasteiger partial charge < -0.3 is 10.1 Å². The predicted molar refractivity (Wildman–Crippen MR) is 69.1 cm³/mol. The highest BCUT2D eigenvalue weighted by molar-refractivity contribution is 5.33. The Bertz CT molecular complexity index is 475. The monoisotopic (exact) mass is 265 g/mol. The third-order valence-corrected chi connectivity index (χ3v) is 4.11. The predicted octanol–water partition coefficient (Wildman–Crippen LogP) is 3.34. The second-order valence-corrected chi connectivity index (χ2v) is 5.21. The Kier molecular flexibility index (Phi) is 3.51. The maximum absolute atomic E-state index is 12.3. The lowest BCUT2D eigenvalue weighted by Crippen LogP contribution is -2.47. The van der Waals surface area contributed by atoms with Gasteiger partial charge in [0.05, 0.1) is 0 Å². The third kappa shape index (κ3) is 2.63. The molecule has 0 bridgehead atoms. The van der Waals surface area contributed by atoms with E-state index in [0.29, 0.717) is 18.5 Å². The van der Waals surface area contributed by atoms with Crippen molar-refractivity contribution >= 4 is 0 Å². The van der Waals surface area contributed by atoms with Gasteiger partial charge in [0.15, 0.2) is 0 Å². The molecule has 19 heavy (non-hydrogen) atoms. The van der Waals surface area contributed by atoms with Crippen LogP contribution < -0.4 is 10.1 Å². The van der Waals surface area contributed by atoms with Crippen molar-refractivity contribution in [3.05, 3.63) is 42.0 Å². The highest BCUT2D eigenvalue weighted by Crippen LogP contribution is 2.42. The standard InChI is InChI=1S/C15H17F2NO/c16-15(17)19-14-7-2-1-4-11(14)9-18-13-8-10-5-3-6-12(10)13/h1-4,6-7,10,12-13,15,18H,5,8-9H2. The van der Waals surface area contributed by atoms with Gasteiger partial charge in [0.25, 0.3) is 0 Å². The van der Waals surface area contributed by atoms with Crippen molar-refractivity contribution in [3.8, 4) is 5.75 Å². The normalized spacial score (nSPS) is 28.3. The van der Waals surface area contributed by atoms with Crippen LogP contribution in [-0.2, 0) is 6.54 Å². The van der Waals surface area contributed by atoms with Crippen LogP contribution >= 0.6 is 0 Å². The van der Waals surface area contributed by atoms with Gasteiger partial charge in [-0.3, -0.25) is 0 Å². The van der Waals surface area contributed by atoms with E-state index in [1.165, 1.54) is 12.8 Å². The maximum Gasteiger partial charge on any atom is 0.387 e. The maximum atomic E-state index is 12.3. The van der Waals surface area contributed by atoms with Crippen LogP contribution in [0.25, 0.3) is 0 Å². The minimum atomic E-state index is -2.77. The van der Waals surface area contributed by atoms with E-state index in [4.69, 9.17) is 0 Å². The number of allylic oxidation sites excluding steroid dienone is 1. The van der Waals surface area contributed by atoms with Crippen LogP contribution in [0.3, 0.4) is 0 Å². The number of halogens is 2. The first-order valence-electron chi connectivity index (χ1n) is 6.67. The number of hydrogen-bond donors (Lipinski definition) is 1. The van der Waals surface area contributed by atoms with E-state index in [2.05, 4.69) is 22.2 Å². The van der Waals surface area contributed by atoms with Crippen LogP contribution in [0.1, 0.15) is 18.4 Å². The van der Waals surface area contributed by atoms with Crippen LogP contribution in [0.5, 0.6) is 5.75 Å². The molecule has 1 fully saturated rings. The molecule has 0 radical (unpaired) electrons. The lowest BCUT2D eigenvalue weighted by molar-refractivity contribution is -0.0505. The van der Waals surface area contributed by atoms with Crippen LogP contribution in [0.4, 0.5) is 8.78 Å². The molecule has 3 atom stereocenters. The number of para-hydroxylation sites is 1. The van der Waals surface area contributed by atoms with Crippen molar-refractivity contribution in [3.63, 3.8) is 0 Å². The van der Waals surface area contributed by atoms with Gasteiger partial charge in [-0.25, -0.2) is 0 Å². The fourth-order valence-corrected chi connectivity index (χ4v) is 3.05. The molecule has 3 unspecified atom stereocenters. The second-order valence-electron chi connectivity index (χ2n) is 5.21. The van der Waals surface area contributed by atoms with Crippen molar-refractivity contribution in [2.75, 3.05) is 0 Å². The fraction of sp³-hybridized carbons (Fsp3) is 0.467. The summed E-state index contributed by atoms with van der Waals surface area (Å²) in [6.07, 6.45) is 6.88. The summed E-state index contributed by atoms with van der Waals surface area (Å²) in [5.74, 6) is 1.69. The van der Waals surface area contributed by atoms with Crippen molar-refractivity contribution < 1.29 is 13.5 Å². The lowest BCUT2D eigenvalue weighted by atomic mass is 9.71. The van der Waals surface area contributed by atoms with E-state index in [9.17, 15) is 8.78 Å². The number of alkyl halides is 2. The number of benzene rings is 1. The average Bonchev–Trinajstić information content (AvgIpc) is 2.73. The first-order chi connectivity index (χ1) is 9.24. The summed E-state index contributed by atoms with van der Waals surface area (Å²) in [4.78, 5) is 0. The summed E-state index contributed by atoms with van der Waals surface area (Å²) < 4.78 is 29.1. The first kappa shape index (κ1) is 12.6. The van der Waals surface area contributed by atoms with Crippen molar-refractivity contribution in [2.45, 2.75) is 32.0 Å². The van der Waals surface area contributed by atoms with Gasteiger partial charge in [-0.1, -0.05) is 30.4 Å². The molecule has 2 nitrogen and oxygen atoms in total. The molecule has 0 aliphatic heterocycles. The summed E-state index contributed by atoms with van der Waals surface area (Å²) >= 11 is 0. The number of rotatable bonds is 5. The molecule has 1 aromatic rings. The Morgan fingerprint density at radius 3 is 2.95 bits per heavy atom. The van der Waals surface area contributed by atoms with Gasteiger partial charge >= 0.3 is 6.61 Å². The number of ether oxygens (including phenoxy) is 1. The van der Waals surface area contributed by atoms with E-state index >= 15 is 0 Å². The van der Waals surface area contributed by atoms with Gasteiger partial charge in [0.2, 0.25) is 0 Å². The van der Waals surface area contributed by atoms with Crippen molar-refractivity contribution in [2.24, 2.45) is 11.8 Å². The summed E-state index contributed by atoms with van der Waals surface area (Å²) in [7, 11) is 0. The molecule has 0 spiro atoms. The van der Waals surface area contributed by atoms with Crippen LogP contribution in [0, 0.1) is 11.8 Å². The van der Waals surface area contributed by atoms with Gasteiger partial charge in [0.1, 0.15) is 5.75 Å². The third-order valence-electron chi connectivity index (χ3n) is 4.11. The number of fused-ring (bicyclic) bond motifs is 1. The minimum absolute atomic E-state index is 0.267. The molecule has 0 heterocycles. The largest absolute Gasteiger partial charge is 0.434 e. The summed E-state index contributed by atoms with van der Waals surface area (Å²) in [6, 6.07) is 7.44.